The summed E-state index contributed by atoms with van der Waals surface area (Å²) in [5, 5.41) is 6.58. The van der Waals surface area contributed by atoms with Gasteiger partial charge in [0.1, 0.15) is 6.04 Å². The van der Waals surface area contributed by atoms with Crippen LogP contribution in [-0.2, 0) is 4.79 Å². The number of rotatable bonds is 0. The second-order valence-electron chi connectivity index (χ2n) is 3.55. The normalized spacial score (nSPS) is 40.4. The van der Waals surface area contributed by atoms with Gasteiger partial charge in [-0.25, -0.2) is 0 Å². The van der Waals surface area contributed by atoms with Gasteiger partial charge in [0.25, 0.3) is 0 Å². The fourth-order valence-corrected chi connectivity index (χ4v) is 3.06. The number of hydrogen-bond donors (Lipinski definition) is 2. The number of amides is 1. The molecule has 0 aromatic carbocycles. The molecule has 0 saturated carbocycles. The van der Waals surface area contributed by atoms with Crippen molar-refractivity contribution in [2.45, 2.75) is 30.0 Å². The molecule has 2 atom stereocenters. The van der Waals surface area contributed by atoms with Crippen molar-refractivity contribution in [1.29, 1.82) is 0 Å². The first kappa shape index (κ1) is 7.43. The van der Waals surface area contributed by atoms with E-state index in [4.69, 9.17) is 0 Å². The van der Waals surface area contributed by atoms with Gasteiger partial charge in [0.15, 0.2) is 0 Å². The first-order valence-electron chi connectivity index (χ1n) is 3.81. The van der Waals surface area contributed by atoms with Crippen molar-refractivity contribution in [3.05, 3.63) is 0 Å². The molecule has 2 aliphatic heterocycles. The Morgan fingerprint density at radius 3 is 3.00 bits per heavy atom. The number of piperazine rings is 1. The molecule has 11 heavy (non-hydrogen) atoms. The molecule has 2 saturated heterocycles. The standard InChI is InChI=1S/C7H12N2OS/c1-7(2)5-6(10)8-3-4(9-5)11-7/h4-5,9H,3H2,1-2H3,(H,8,10)/t4-,5-/m0/s1. The molecule has 0 radical (unpaired) electrons. The van der Waals surface area contributed by atoms with Gasteiger partial charge >= 0.3 is 0 Å². The lowest BCUT2D eigenvalue weighted by Gasteiger charge is -2.24. The van der Waals surface area contributed by atoms with Gasteiger partial charge in [-0.15, -0.1) is 11.8 Å². The van der Waals surface area contributed by atoms with Crippen LogP contribution in [0.2, 0.25) is 0 Å². The molecule has 62 valence electrons. The zero-order valence-corrected chi connectivity index (χ0v) is 7.49. The van der Waals surface area contributed by atoms with Gasteiger partial charge in [-0.2, -0.15) is 0 Å². The number of thioether (sulfide) groups is 1. The molecule has 1 amide bonds. The smallest absolute Gasteiger partial charge is 0.238 e. The van der Waals surface area contributed by atoms with E-state index in [2.05, 4.69) is 24.5 Å². The highest BCUT2D eigenvalue weighted by atomic mass is 32.2. The average Bonchev–Trinajstić information content (AvgIpc) is 2.15. The van der Waals surface area contributed by atoms with E-state index in [-0.39, 0.29) is 16.7 Å². The number of hydrogen-bond acceptors (Lipinski definition) is 3. The number of nitrogens with one attached hydrogen (secondary N) is 2. The SMILES string of the molecule is CC1(C)S[C@H]2CNC(=O)[C@@H]1N2. The lowest BCUT2D eigenvalue weighted by Crippen LogP contribution is -2.56. The van der Waals surface area contributed by atoms with Crippen LogP contribution in [-0.4, -0.2) is 28.6 Å². The van der Waals surface area contributed by atoms with Crippen LogP contribution in [0.3, 0.4) is 0 Å². The van der Waals surface area contributed by atoms with Gasteiger partial charge in [-0.05, 0) is 13.8 Å². The maximum atomic E-state index is 11.3. The van der Waals surface area contributed by atoms with Gasteiger partial charge < -0.3 is 5.32 Å². The summed E-state index contributed by atoms with van der Waals surface area (Å²) in [6, 6.07) is 0.00579. The fourth-order valence-electron chi connectivity index (χ4n) is 1.64. The van der Waals surface area contributed by atoms with Crippen molar-refractivity contribution in [3.8, 4) is 0 Å². The lowest BCUT2D eigenvalue weighted by molar-refractivity contribution is -0.124. The predicted molar refractivity (Wildman–Crippen MR) is 45.4 cm³/mol. The zero-order valence-electron chi connectivity index (χ0n) is 6.68. The Bertz CT molecular complexity index is 205. The second kappa shape index (κ2) is 2.14. The van der Waals surface area contributed by atoms with Crippen LogP contribution < -0.4 is 10.6 Å². The molecule has 2 aliphatic rings. The molecular weight excluding hydrogens is 160 g/mol. The fraction of sp³-hybridized carbons (Fsp3) is 0.857. The maximum Gasteiger partial charge on any atom is 0.238 e. The van der Waals surface area contributed by atoms with E-state index < -0.39 is 0 Å². The van der Waals surface area contributed by atoms with Crippen LogP contribution in [0.25, 0.3) is 0 Å². The first-order valence-corrected chi connectivity index (χ1v) is 4.69. The third-order valence-corrected chi connectivity index (χ3v) is 3.65. The monoisotopic (exact) mass is 172 g/mol. The Morgan fingerprint density at radius 1 is 1.64 bits per heavy atom. The molecule has 2 rings (SSSR count). The van der Waals surface area contributed by atoms with E-state index >= 15 is 0 Å². The number of carbonyl (C=O) groups excluding carboxylic acids is 1. The summed E-state index contributed by atoms with van der Waals surface area (Å²) in [5.41, 5.74) is 0. The van der Waals surface area contributed by atoms with Crippen LogP contribution in [0, 0.1) is 0 Å². The van der Waals surface area contributed by atoms with Crippen molar-refractivity contribution < 1.29 is 4.79 Å². The van der Waals surface area contributed by atoms with E-state index in [0.717, 1.165) is 6.54 Å². The number of carbonyl (C=O) groups is 1. The lowest BCUT2D eigenvalue weighted by atomic mass is 10.0. The van der Waals surface area contributed by atoms with Crippen LogP contribution >= 0.6 is 11.8 Å². The van der Waals surface area contributed by atoms with Gasteiger partial charge in [0.2, 0.25) is 5.91 Å². The minimum atomic E-state index is 0.00579. The minimum Gasteiger partial charge on any atom is -0.352 e. The van der Waals surface area contributed by atoms with Gasteiger partial charge in [-0.1, -0.05) is 0 Å². The molecule has 0 spiro atoms. The molecule has 0 aliphatic carbocycles. The van der Waals surface area contributed by atoms with E-state index in [9.17, 15) is 4.79 Å². The van der Waals surface area contributed by atoms with Crippen LogP contribution in [0.4, 0.5) is 0 Å². The van der Waals surface area contributed by atoms with Crippen molar-refractivity contribution in [1.82, 2.24) is 10.6 Å². The third-order valence-electron chi connectivity index (χ3n) is 2.22. The zero-order chi connectivity index (χ0) is 8.06. The summed E-state index contributed by atoms with van der Waals surface area (Å²) in [5.74, 6) is 0.149. The molecule has 2 bridgehead atoms. The Balaban J connectivity index is 2.26. The highest BCUT2D eigenvalue weighted by Crippen LogP contribution is 2.39. The molecule has 0 unspecified atom stereocenters. The van der Waals surface area contributed by atoms with Crippen molar-refractivity contribution >= 4 is 17.7 Å². The van der Waals surface area contributed by atoms with Gasteiger partial charge in [0, 0.05) is 11.3 Å². The highest BCUT2D eigenvalue weighted by Gasteiger charge is 2.47. The highest BCUT2D eigenvalue weighted by molar-refractivity contribution is 8.01. The summed E-state index contributed by atoms with van der Waals surface area (Å²) in [7, 11) is 0. The molecular formula is C7H12N2OS. The quantitative estimate of drug-likeness (QED) is 0.537. The Kier molecular flexibility index (Phi) is 1.44. The van der Waals surface area contributed by atoms with E-state index in [1.54, 1.807) is 0 Å². The molecule has 0 aromatic heterocycles. The summed E-state index contributed by atoms with van der Waals surface area (Å²) in [6.07, 6.45) is 0. The Labute approximate surface area is 70.3 Å². The number of fused-ring (bicyclic) bond motifs is 2. The van der Waals surface area contributed by atoms with Crippen LogP contribution in [0.1, 0.15) is 13.8 Å². The maximum absolute atomic E-state index is 11.3. The molecule has 4 heteroatoms. The molecule has 2 N–H and O–H groups in total. The largest absolute Gasteiger partial charge is 0.352 e. The summed E-state index contributed by atoms with van der Waals surface area (Å²) < 4.78 is 0.0608. The van der Waals surface area contributed by atoms with Crippen molar-refractivity contribution in [2.75, 3.05) is 6.54 Å². The Hall–Kier alpha value is -0.220. The molecule has 3 nitrogen and oxygen atoms in total. The van der Waals surface area contributed by atoms with E-state index in [1.165, 1.54) is 0 Å². The third kappa shape index (κ3) is 1.05. The summed E-state index contributed by atoms with van der Waals surface area (Å²) >= 11 is 1.85. The molecule has 2 heterocycles. The molecule has 2 fully saturated rings. The van der Waals surface area contributed by atoms with Gasteiger partial charge in [0.05, 0.1) is 5.37 Å². The topological polar surface area (TPSA) is 41.1 Å². The van der Waals surface area contributed by atoms with E-state index in [0.29, 0.717) is 5.37 Å². The van der Waals surface area contributed by atoms with Crippen LogP contribution in [0.15, 0.2) is 0 Å². The van der Waals surface area contributed by atoms with Crippen LogP contribution in [0.5, 0.6) is 0 Å². The average molecular weight is 172 g/mol. The first-order chi connectivity index (χ1) is 5.09. The summed E-state index contributed by atoms with van der Waals surface area (Å²) in [6.45, 7) is 4.99. The van der Waals surface area contributed by atoms with Crippen molar-refractivity contribution in [3.63, 3.8) is 0 Å². The Morgan fingerprint density at radius 2 is 2.36 bits per heavy atom. The van der Waals surface area contributed by atoms with Crippen molar-refractivity contribution in [2.24, 2.45) is 0 Å². The molecule has 0 aromatic rings. The minimum absolute atomic E-state index is 0.00579. The second-order valence-corrected chi connectivity index (χ2v) is 5.41. The summed E-state index contributed by atoms with van der Waals surface area (Å²) in [4.78, 5) is 11.3. The van der Waals surface area contributed by atoms with E-state index in [1.807, 2.05) is 11.8 Å². The predicted octanol–water partition coefficient (Wildman–Crippen LogP) is -0.0741. The van der Waals surface area contributed by atoms with Gasteiger partial charge in [-0.3, -0.25) is 10.1 Å².